The smallest absolute Gasteiger partial charge is 0.246 e. The van der Waals surface area contributed by atoms with Gasteiger partial charge in [-0.3, -0.25) is 4.79 Å². The Morgan fingerprint density at radius 1 is 1.36 bits per heavy atom. The molecule has 1 atom stereocenters. The maximum atomic E-state index is 12.3. The van der Waals surface area contributed by atoms with Crippen molar-refractivity contribution in [2.24, 2.45) is 0 Å². The Morgan fingerprint density at radius 3 is 2.68 bits per heavy atom. The van der Waals surface area contributed by atoms with E-state index in [1.54, 1.807) is 24.5 Å². The van der Waals surface area contributed by atoms with Gasteiger partial charge in [-0.1, -0.05) is 30.8 Å². The number of amides is 1. The lowest BCUT2D eigenvalue weighted by molar-refractivity contribution is -0.128. The Kier molecular flexibility index (Phi) is 5.55. The lowest BCUT2D eigenvalue weighted by Crippen LogP contribution is -2.32. The second-order valence-corrected chi connectivity index (χ2v) is 5.10. The summed E-state index contributed by atoms with van der Waals surface area (Å²) in [5.41, 5.74) is 3.10. The number of hydrogen-bond donors (Lipinski definition) is 0. The van der Waals surface area contributed by atoms with Crippen LogP contribution >= 0.6 is 0 Å². The fourth-order valence-corrected chi connectivity index (χ4v) is 2.41. The first-order chi connectivity index (χ1) is 10.7. The fraction of sp³-hybridized carbons (Fsp3) is 0.278. The average molecular weight is 299 g/mol. The lowest BCUT2D eigenvalue weighted by Gasteiger charge is -2.28. The summed E-state index contributed by atoms with van der Waals surface area (Å²) < 4.78 is 10.4. The molecule has 2 rings (SSSR count). The van der Waals surface area contributed by atoms with Crippen LogP contribution < -0.4 is 0 Å². The normalized spacial score (nSPS) is 11.9. The molecule has 0 bridgehead atoms. The van der Waals surface area contributed by atoms with Crippen molar-refractivity contribution in [2.75, 3.05) is 7.11 Å². The van der Waals surface area contributed by atoms with Gasteiger partial charge < -0.3 is 14.1 Å². The van der Waals surface area contributed by atoms with Gasteiger partial charge in [0.2, 0.25) is 5.91 Å². The molecule has 0 N–H and O–H groups in total. The summed E-state index contributed by atoms with van der Waals surface area (Å²) in [4.78, 5) is 14.0. The lowest BCUT2D eigenvalue weighted by atomic mass is 10.1. The van der Waals surface area contributed by atoms with Crippen LogP contribution in [0.4, 0.5) is 0 Å². The third-order valence-corrected chi connectivity index (χ3v) is 3.71. The second-order valence-electron chi connectivity index (χ2n) is 5.10. The molecule has 2 aromatic rings. The summed E-state index contributed by atoms with van der Waals surface area (Å²) in [5, 5.41) is 0. The van der Waals surface area contributed by atoms with Crippen LogP contribution in [0.5, 0.6) is 0 Å². The Bertz CT molecular complexity index is 619. The SMILES string of the molecule is C=CC(=O)N(Cc1ccccc1COC)C(C)c1ccoc1. The predicted molar refractivity (Wildman–Crippen MR) is 85.0 cm³/mol. The second kappa shape index (κ2) is 7.61. The Hall–Kier alpha value is -2.33. The molecule has 0 aliphatic carbocycles. The van der Waals surface area contributed by atoms with Crippen LogP contribution in [0.2, 0.25) is 0 Å². The average Bonchev–Trinajstić information content (AvgIpc) is 3.07. The summed E-state index contributed by atoms with van der Waals surface area (Å²) in [5.74, 6) is -0.110. The highest BCUT2D eigenvalue weighted by Crippen LogP contribution is 2.24. The van der Waals surface area contributed by atoms with Crippen LogP contribution in [0, 0.1) is 0 Å². The molecule has 0 saturated heterocycles. The standard InChI is InChI=1S/C18H21NO3/c1-4-18(20)19(14(2)16-9-10-22-13-16)11-15-7-5-6-8-17(15)12-21-3/h4-10,13-14H,1,11-12H2,2-3H3. The van der Waals surface area contributed by atoms with Crippen LogP contribution in [0.1, 0.15) is 29.7 Å². The van der Waals surface area contributed by atoms with E-state index in [0.717, 1.165) is 16.7 Å². The molecular weight excluding hydrogens is 278 g/mol. The molecule has 0 aliphatic heterocycles. The van der Waals surface area contributed by atoms with Crippen LogP contribution in [-0.2, 0) is 22.7 Å². The molecule has 1 unspecified atom stereocenters. The van der Waals surface area contributed by atoms with Crippen molar-refractivity contribution in [1.29, 1.82) is 0 Å². The number of rotatable bonds is 7. The molecule has 116 valence electrons. The zero-order chi connectivity index (χ0) is 15.9. The third kappa shape index (κ3) is 3.65. The van der Waals surface area contributed by atoms with Crippen LogP contribution in [0.15, 0.2) is 59.9 Å². The molecule has 1 heterocycles. The van der Waals surface area contributed by atoms with E-state index in [-0.39, 0.29) is 11.9 Å². The van der Waals surface area contributed by atoms with Crippen molar-refractivity contribution in [3.05, 3.63) is 72.2 Å². The monoisotopic (exact) mass is 299 g/mol. The van der Waals surface area contributed by atoms with Crippen molar-refractivity contribution in [3.63, 3.8) is 0 Å². The van der Waals surface area contributed by atoms with Gasteiger partial charge in [-0.05, 0) is 30.2 Å². The van der Waals surface area contributed by atoms with Gasteiger partial charge in [-0.15, -0.1) is 0 Å². The molecule has 4 heteroatoms. The fourth-order valence-electron chi connectivity index (χ4n) is 2.41. The minimum atomic E-state index is -0.110. The van der Waals surface area contributed by atoms with Crippen LogP contribution in [-0.4, -0.2) is 17.9 Å². The van der Waals surface area contributed by atoms with E-state index in [1.807, 2.05) is 37.3 Å². The molecule has 1 aromatic carbocycles. The third-order valence-electron chi connectivity index (χ3n) is 3.71. The summed E-state index contributed by atoms with van der Waals surface area (Å²) in [6, 6.07) is 9.73. The molecule has 1 amide bonds. The number of furan rings is 1. The highest BCUT2D eigenvalue weighted by Gasteiger charge is 2.21. The summed E-state index contributed by atoms with van der Waals surface area (Å²) >= 11 is 0. The number of nitrogens with zero attached hydrogens (tertiary/aromatic N) is 1. The zero-order valence-corrected chi connectivity index (χ0v) is 13.0. The maximum Gasteiger partial charge on any atom is 0.246 e. The van der Waals surface area contributed by atoms with Gasteiger partial charge in [-0.2, -0.15) is 0 Å². The molecular formula is C18H21NO3. The van der Waals surface area contributed by atoms with Gasteiger partial charge in [0.25, 0.3) is 0 Å². The van der Waals surface area contributed by atoms with Crippen LogP contribution in [0.25, 0.3) is 0 Å². The van der Waals surface area contributed by atoms with Crippen molar-refractivity contribution in [1.82, 2.24) is 4.90 Å². The highest BCUT2D eigenvalue weighted by atomic mass is 16.5. The van der Waals surface area contributed by atoms with E-state index in [0.29, 0.717) is 13.2 Å². The van der Waals surface area contributed by atoms with E-state index >= 15 is 0 Å². The first kappa shape index (κ1) is 16.0. The molecule has 1 aromatic heterocycles. The van der Waals surface area contributed by atoms with E-state index < -0.39 is 0 Å². The van der Waals surface area contributed by atoms with Gasteiger partial charge in [0.15, 0.2) is 0 Å². The molecule has 0 spiro atoms. The largest absolute Gasteiger partial charge is 0.472 e. The van der Waals surface area contributed by atoms with E-state index in [1.165, 1.54) is 6.08 Å². The Morgan fingerprint density at radius 2 is 2.09 bits per heavy atom. The van der Waals surface area contributed by atoms with E-state index in [2.05, 4.69) is 6.58 Å². The Labute approximate surface area is 131 Å². The molecule has 0 fully saturated rings. The molecule has 0 radical (unpaired) electrons. The number of carbonyl (C=O) groups excluding carboxylic acids is 1. The number of benzene rings is 1. The summed E-state index contributed by atoms with van der Waals surface area (Å²) in [6.45, 7) is 6.60. The number of carbonyl (C=O) groups is 1. The van der Waals surface area contributed by atoms with Gasteiger partial charge >= 0.3 is 0 Å². The molecule has 22 heavy (non-hydrogen) atoms. The minimum Gasteiger partial charge on any atom is -0.472 e. The quantitative estimate of drug-likeness (QED) is 0.732. The summed E-state index contributed by atoms with van der Waals surface area (Å²) in [7, 11) is 1.66. The maximum absolute atomic E-state index is 12.3. The van der Waals surface area contributed by atoms with Crippen molar-refractivity contribution >= 4 is 5.91 Å². The van der Waals surface area contributed by atoms with Gasteiger partial charge in [0, 0.05) is 19.2 Å². The number of methoxy groups -OCH3 is 1. The van der Waals surface area contributed by atoms with E-state index in [4.69, 9.17) is 9.15 Å². The van der Waals surface area contributed by atoms with Gasteiger partial charge in [0.1, 0.15) is 0 Å². The Balaban J connectivity index is 2.27. The highest BCUT2D eigenvalue weighted by molar-refractivity contribution is 5.87. The molecule has 0 aliphatic rings. The first-order valence-corrected chi connectivity index (χ1v) is 7.18. The number of ether oxygens (including phenoxy) is 1. The molecule has 4 nitrogen and oxygen atoms in total. The minimum absolute atomic E-state index is 0.0974. The molecule has 0 saturated carbocycles. The topological polar surface area (TPSA) is 42.7 Å². The number of hydrogen-bond acceptors (Lipinski definition) is 3. The first-order valence-electron chi connectivity index (χ1n) is 7.18. The van der Waals surface area contributed by atoms with Crippen molar-refractivity contribution < 1.29 is 13.9 Å². The van der Waals surface area contributed by atoms with Crippen LogP contribution in [0.3, 0.4) is 0 Å². The van der Waals surface area contributed by atoms with Gasteiger partial charge in [0.05, 0.1) is 25.2 Å². The summed E-state index contributed by atoms with van der Waals surface area (Å²) in [6.07, 6.45) is 4.62. The van der Waals surface area contributed by atoms with Crippen molar-refractivity contribution in [3.8, 4) is 0 Å². The van der Waals surface area contributed by atoms with Crippen molar-refractivity contribution in [2.45, 2.75) is 26.1 Å². The zero-order valence-electron chi connectivity index (χ0n) is 13.0. The van der Waals surface area contributed by atoms with Gasteiger partial charge in [-0.25, -0.2) is 0 Å². The predicted octanol–water partition coefficient (Wildman–Crippen LogP) is 3.70. The van der Waals surface area contributed by atoms with E-state index in [9.17, 15) is 4.79 Å².